The van der Waals surface area contributed by atoms with Gasteiger partial charge in [-0.25, -0.2) is 8.42 Å². The molecule has 1 heterocycles. The van der Waals surface area contributed by atoms with Gasteiger partial charge in [0.15, 0.2) is 0 Å². The van der Waals surface area contributed by atoms with E-state index >= 15 is 0 Å². The topological polar surface area (TPSA) is 70.4 Å². The normalized spacial score (nSPS) is 16.5. The molecule has 3 rings (SSSR count). The van der Waals surface area contributed by atoms with E-state index < -0.39 is 10.0 Å². The molecular weight excluding hydrogens is 395 g/mol. The van der Waals surface area contributed by atoms with Crippen LogP contribution in [0.1, 0.15) is 12.5 Å². The van der Waals surface area contributed by atoms with E-state index in [1.54, 1.807) is 24.3 Å². The lowest BCUT2D eigenvalue weighted by atomic mass is 9.85. The molecule has 2 aromatic rings. The number of hydrogen-bond donors (Lipinski definition) is 0. The summed E-state index contributed by atoms with van der Waals surface area (Å²) in [6.07, 6.45) is 0. The molecule has 2 aromatic carbocycles. The van der Waals surface area contributed by atoms with Crippen molar-refractivity contribution in [1.82, 2.24) is 4.31 Å². The minimum absolute atomic E-state index is 0.0493. The molecule has 0 saturated carbocycles. The van der Waals surface area contributed by atoms with Gasteiger partial charge in [0.25, 0.3) is 0 Å². The second-order valence-electron chi connectivity index (χ2n) is 6.59. The van der Waals surface area contributed by atoms with Gasteiger partial charge in [0.2, 0.25) is 10.0 Å². The Hall–Kier alpha value is -1.78. The van der Waals surface area contributed by atoms with Crippen LogP contribution >= 0.6 is 23.2 Å². The van der Waals surface area contributed by atoms with Crippen molar-refractivity contribution in [3.63, 3.8) is 0 Å². The first-order valence-corrected chi connectivity index (χ1v) is 10.0. The van der Waals surface area contributed by atoms with E-state index in [4.69, 9.17) is 33.2 Å². The van der Waals surface area contributed by atoms with Crippen LogP contribution < -0.4 is 4.74 Å². The predicted molar refractivity (Wildman–Crippen MR) is 100.0 cm³/mol. The molecule has 1 aliphatic rings. The van der Waals surface area contributed by atoms with E-state index in [1.807, 2.05) is 6.92 Å². The second-order valence-corrected chi connectivity index (χ2v) is 9.34. The van der Waals surface area contributed by atoms with Gasteiger partial charge in [-0.3, -0.25) is 0 Å². The van der Waals surface area contributed by atoms with E-state index in [1.165, 1.54) is 22.5 Å². The largest absolute Gasteiger partial charge is 0.493 e. The summed E-state index contributed by atoms with van der Waals surface area (Å²) in [5.41, 5.74) is 0.206. The molecule has 8 heteroatoms. The number of benzene rings is 2. The van der Waals surface area contributed by atoms with Crippen molar-refractivity contribution in [2.24, 2.45) is 5.41 Å². The zero-order valence-corrected chi connectivity index (χ0v) is 16.3. The average Bonchev–Trinajstić information content (AvgIpc) is 2.57. The Morgan fingerprint density at radius 2 is 1.96 bits per heavy atom. The fourth-order valence-corrected chi connectivity index (χ4v) is 5.29. The zero-order chi connectivity index (χ0) is 18.9. The molecule has 0 radical (unpaired) electrons. The van der Waals surface area contributed by atoms with Gasteiger partial charge in [0.05, 0.1) is 23.3 Å². The Morgan fingerprint density at radius 1 is 1.23 bits per heavy atom. The highest BCUT2D eigenvalue weighted by Crippen LogP contribution is 2.37. The van der Waals surface area contributed by atoms with Crippen molar-refractivity contribution in [2.45, 2.75) is 11.8 Å². The van der Waals surface area contributed by atoms with Crippen molar-refractivity contribution in [3.8, 4) is 11.8 Å². The molecule has 5 nitrogen and oxygen atoms in total. The van der Waals surface area contributed by atoms with Gasteiger partial charge in [-0.05, 0) is 36.4 Å². The second kappa shape index (κ2) is 7.09. The molecule has 26 heavy (non-hydrogen) atoms. The first kappa shape index (κ1) is 19.0. The highest BCUT2D eigenvalue weighted by molar-refractivity contribution is 7.89. The van der Waals surface area contributed by atoms with Gasteiger partial charge in [0.1, 0.15) is 10.6 Å². The Morgan fingerprint density at radius 3 is 2.62 bits per heavy atom. The number of nitriles is 1. The summed E-state index contributed by atoms with van der Waals surface area (Å²) in [4.78, 5) is 0.0493. The van der Waals surface area contributed by atoms with Gasteiger partial charge >= 0.3 is 0 Å². The summed E-state index contributed by atoms with van der Waals surface area (Å²) < 4.78 is 32.5. The number of hydrogen-bond acceptors (Lipinski definition) is 4. The molecule has 1 saturated heterocycles. The van der Waals surface area contributed by atoms with E-state index in [2.05, 4.69) is 6.07 Å². The van der Waals surface area contributed by atoms with Crippen molar-refractivity contribution in [1.29, 1.82) is 5.26 Å². The molecular formula is C18H16Cl2N2O3S. The Bertz CT molecular complexity index is 980. The van der Waals surface area contributed by atoms with Crippen LogP contribution in [0, 0.1) is 16.7 Å². The number of halogens is 2. The van der Waals surface area contributed by atoms with E-state index in [-0.39, 0.29) is 15.3 Å². The molecule has 0 N–H and O–H groups in total. The first-order chi connectivity index (χ1) is 12.2. The molecule has 0 unspecified atom stereocenters. The smallest absolute Gasteiger partial charge is 0.244 e. The molecule has 0 aromatic heterocycles. The summed E-state index contributed by atoms with van der Waals surface area (Å²) in [5, 5.41) is 9.41. The van der Waals surface area contributed by atoms with Crippen LogP contribution in [0.4, 0.5) is 0 Å². The van der Waals surface area contributed by atoms with Crippen LogP contribution in [0.15, 0.2) is 47.4 Å². The fraction of sp³-hybridized carbons (Fsp3) is 0.278. The fourth-order valence-electron chi connectivity index (χ4n) is 2.80. The quantitative estimate of drug-likeness (QED) is 0.747. The van der Waals surface area contributed by atoms with E-state index in [0.717, 1.165) is 0 Å². The van der Waals surface area contributed by atoms with Crippen LogP contribution in [0.3, 0.4) is 0 Å². The van der Waals surface area contributed by atoms with E-state index in [9.17, 15) is 8.42 Å². The van der Waals surface area contributed by atoms with Crippen LogP contribution in [0.25, 0.3) is 0 Å². The van der Waals surface area contributed by atoms with Crippen LogP contribution in [0.2, 0.25) is 10.0 Å². The van der Waals surface area contributed by atoms with Gasteiger partial charge in [-0.1, -0.05) is 36.2 Å². The Kier molecular flexibility index (Phi) is 5.18. The SMILES string of the molecule is CC1(COc2cccc(C#N)c2)CN(S(=O)(=O)c2ccc(Cl)cc2Cl)C1. The summed E-state index contributed by atoms with van der Waals surface area (Å²) in [6, 6.07) is 13.3. The highest BCUT2D eigenvalue weighted by atomic mass is 35.5. The number of rotatable bonds is 5. The van der Waals surface area contributed by atoms with Crippen LogP contribution in [-0.2, 0) is 10.0 Å². The molecule has 0 bridgehead atoms. The maximum absolute atomic E-state index is 12.7. The van der Waals surface area contributed by atoms with Gasteiger partial charge < -0.3 is 4.74 Å². The number of nitrogens with zero attached hydrogens (tertiary/aromatic N) is 2. The van der Waals surface area contributed by atoms with Crippen LogP contribution in [-0.4, -0.2) is 32.4 Å². The molecule has 1 aliphatic heterocycles. The third-order valence-electron chi connectivity index (χ3n) is 4.18. The summed E-state index contributed by atoms with van der Waals surface area (Å²) >= 11 is 11.9. The summed E-state index contributed by atoms with van der Waals surface area (Å²) in [6.45, 7) is 2.96. The molecule has 136 valence electrons. The Labute approximate surface area is 162 Å². The molecule has 0 amide bonds. The van der Waals surface area contributed by atoms with Gasteiger partial charge in [-0.2, -0.15) is 9.57 Å². The maximum atomic E-state index is 12.7. The summed E-state index contributed by atoms with van der Waals surface area (Å²) in [5.74, 6) is 0.590. The number of ether oxygens (including phenoxy) is 1. The third kappa shape index (κ3) is 3.81. The van der Waals surface area contributed by atoms with Crippen LogP contribution in [0.5, 0.6) is 5.75 Å². The van der Waals surface area contributed by atoms with Crippen molar-refractivity contribution in [3.05, 3.63) is 58.1 Å². The Balaban J connectivity index is 1.66. The predicted octanol–water partition coefficient (Wildman–Crippen LogP) is 3.95. The van der Waals surface area contributed by atoms with Crippen molar-refractivity contribution in [2.75, 3.05) is 19.7 Å². The minimum atomic E-state index is -3.67. The zero-order valence-electron chi connectivity index (χ0n) is 13.9. The van der Waals surface area contributed by atoms with Gasteiger partial charge in [0, 0.05) is 23.5 Å². The number of sulfonamides is 1. The standard InChI is InChI=1S/C18H16Cl2N2O3S/c1-18(12-25-15-4-2-3-13(7-15)9-21)10-22(11-18)26(23,24)17-6-5-14(19)8-16(17)20/h2-8H,10-12H2,1H3. The van der Waals surface area contributed by atoms with Crippen molar-refractivity contribution < 1.29 is 13.2 Å². The molecule has 0 aliphatic carbocycles. The average molecular weight is 411 g/mol. The highest BCUT2D eigenvalue weighted by Gasteiger charge is 2.46. The lowest BCUT2D eigenvalue weighted by Gasteiger charge is -2.46. The lowest BCUT2D eigenvalue weighted by Crippen LogP contribution is -2.59. The summed E-state index contributed by atoms with van der Waals surface area (Å²) in [7, 11) is -3.67. The van der Waals surface area contributed by atoms with Crippen molar-refractivity contribution >= 4 is 33.2 Å². The molecule has 0 atom stereocenters. The molecule has 0 spiro atoms. The third-order valence-corrected chi connectivity index (χ3v) is 6.69. The maximum Gasteiger partial charge on any atom is 0.244 e. The lowest BCUT2D eigenvalue weighted by molar-refractivity contribution is 0.0360. The first-order valence-electron chi connectivity index (χ1n) is 7.82. The minimum Gasteiger partial charge on any atom is -0.493 e. The molecule has 1 fully saturated rings. The monoisotopic (exact) mass is 410 g/mol. The van der Waals surface area contributed by atoms with E-state index in [0.29, 0.717) is 36.0 Å². The van der Waals surface area contributed by atoms with Gasteiger partial charge in [-0.15, -0.1) is 0 Å².